The SMILES string of the molecule is CCCOC(=O)c1ccc(-c2cn(N(C)C)cc(CCCc3ccccc3)c2=O)cc1. The Morgan fingerprint density at radius 1 is 0.968 bits per heavy atom. The molecule has 3 aromatic rings. The fourth-order valence-corrected chi connectivity index (χ4v) is 3.43. The van der Waals surface area contributed by atoms with E-state index < -0.39 is 0 Å². The summed E-state index contributed by atoms with van der Waals surface area (Å²) in [6, 6.07) is 17.4. The van der Waals surface area contributed by atoms with Crippen LogP contribution in [0.5, 0.6) is 0 Å². The van der Waals surface area contributed by atoms with Crippen LogP contribution in [0.4, 0.5) is 0 Å². The summed E-state index contributed by atoms with van der Waals surface area (Å²) >= 11 is 0. The van der Waals surface area contributed by atoms with E-state index in [-0.39, 0.29) is 11.4 Å². The smallest absolute Gasteiger partial charge is 0.338 e. The molecule has 0 saturated carbocycles. The van der Waals surface area contributed by atoms with Crippen molar-refractivity contribution in [3.8, 4) is 11.1 Å². The number of carbonyl (C=O) groups excluding carboxylic acids is 1. The van der Waals surface area contributed by atoms with Crippen molar-refractivity contribution in [2.75, 3.05) is 25.7 Å². The number of benzene rings is 2. The molecular weight excluding hydrogens is 388 g/mol. The van der Waals surface area contributed by atoms with Gasteiger partial charge >= 0.3 is 5.97 Å². The summed E-state index contributed by atoms with van der Waals surface area (Å²) in [5, 5.41) is 1.93. The van der Waals surface area contributed by atoms with Crippen LogP contribution in [0.15, 0.2) is 71.8 Å². The van der Waals surface area contributed by atoms with E-state index in [9.17, 15) is 9.59 Å². The number of pyridine rings is 1. The maximum Gasteiger partial charge on any atom is 0.338 e. The Hall–Kier alpha value is -3.34. The van der Waals surface area contributed by atoms with Crippen molar-refractivity contribution in [1.82, 2.24) is 4.68 Å². The minimum atomic E-state index is -0.339. The molecule has 31 heavy (non-hydrogen) atoms. The molecule has 0 radical (unpaired) electrons. The van der Waals surface area contributed by atoms with Crippen LogP contribution in [-0.2, 0) is 17.6 Å². The number of ether oxygens (including phenoxy) is 1. The second kappa shape index (κ2) is 10.6. The first-order valence-electron chi connectivity index (χ1n) is 10.7. The normalized spacial score (nSPS) is 10.7. The molecule has 2 aromatic carbocycles. The van der Waals surface area contributed by atoms with Gasteiger partial charge in [0.1, 0.15) is 0 Å². The van der Waals surface area contributed by atoms with E-state index in [2.05, 4.69) is 12.1 Å². The summed E-state index contributed by atoms with van der Waals surface area (Å²) in [6.45, 7) is 2.36. The molecule has 1 heterocycles. The number of hydrogen-bond acceptors (Lipinski definition) is 4. The number of rotatable bonds is 9. The van der Waals surface area contributed by atoms with Crippen LogP contribution in [0, 0.1) is 0 Å². The van der Waals surface area contributed by atoms with Crippen LogP contribution < -0.4 is 10.4 Å². The highest BCUT2D eigenvalue weighted by Crippen LogP contribution is 2.18. The quantitative estimate of drug-likeness (QED) is 0.482. The Kier molecular flexibility index (Phi) is 7.65. The molecule has 5 nitrogen and oxygen atoms in total. The number of esters is 1. The summed E-state index contributed by atoms with van der Waals surface area (Å²) in [7, 11) is 3.88. The third-order valence-corrected chi connectivity index (χ3v) is 5.17. The first-order valence-corrected chi connectivity index (χ1v) is 10.7. The maximum absolute atomic E-state index is 13.2. The minimum Gasteiger partial charge on any atom is -0.462 e. The Labute approximate surface area is 183 Å². The molecule has 0 fully saturated rings. The lowest BCUT2D eigenvalue weighted by atomic mass is 10.00. The molecule has 0 unspecified atom stereocenters. The zero-order valence-electron chi connectivity index (χ0n) is 18.5. The zero-order chi connectivity index (χ0) is 22.2. The second-order valence-corrected chi connectivity index (χ2v) is 7.81. The lowest BCUT2D eigenvalue weighted by molar-refractivity contribution is 0.0505. The summed E-state index contributed by atoms with van der Waals surface area (Å²) in [5.74, 6) is -0.339. The van der Waals surface area contributed by atoms with Gasteiger partial charge in [0.05, 0.1) is 12.2 Å². The Balaban J connectivity index is 1.84. The minimum absolute atomic E-state index is 0.0347. The van der Waals surface area contributed by atoms with Gasteiger partial charge < -0.3 is 9.75 Å². The van der Waals surface area contributed by atoms with Gasteiger partial charge in [-0.15, -0.1) is 0 Å². The predicted octanol–water partition coefficient (Wildman–Crippen LogP) is 4.46. The van der Waals surface area contributed by atoms with Gasteiger partial charge in [0.15, 0.2) is 5.43 Å². The van der Waals surface area contributed by atoms with Gasteiger partial charge in [-0.25, -0.2) is 4.79 Å². The summed E-state index contributed by atoms with van der Waals surface area (Å²) in [6.07, 6.45) is 7.07. The van der Waals surface area contributed by atoms with Crippen molar-refractivity contribution in [2.45, 2.75) is 32.6 Å². The maximum atomic E-state index is 13.2. The number of aromatic nitrogens is 1. The van der Waals surface area contributed by atoms with Gasteiger partial charge in [-0.05, 0) is 48.9 Å². The lowest BCUT2D eigenvalue weighted by Crippen LogP contribution is -2.28. The molecule has 1 aromatic heterocycles. The molecule has 0 N–H and O–H groups in total. The first kappa shape index (κ1) is 22.3. The van der Waals surface area contributed by atoms with Crippen molar-refractivity contribution < 1.29 is 9.53 Å². The molecule has 0 spiro atoms. The number of aryl methyl sites for hydroxylation is 2. The molecule has 0 saturated heterocycles. The lowest BCUT2D eigenvalue weighted by Gasteiger charge is -2.19. The summed E-state index contributed by atoms with van der Waals surface area (Å²) < 4.78 is 7.11. The predicted molar refractivity (Wildman–Crippen MR) is 125 cm³/mol. The molecule has 5 heteroatoms. The van der Waals surface area contributed by atoms with Crippen LogP contribution in [0.3, 0.4) is 0 Å². The molecular formula is C26H30N2O3. The van der Waals surface area contributed by atoms with E-state index in [1.807, 2.05) is 73.4 Å². The van der Waals surface area contributed by atoms with Crippen molar-refractivity contribution in [1.29, 1.82) is 0 Å². The standard InChI is InChI=1S/C26H30N2O3/c1-4-17-31-26(30)22-15-13-21(14-16-22)24-19-28(27(2)3)18-23(25(24)29)12-8-11-20-9-6-5-7-10-20/h5-7,9-10,13-16,18-19H,4,8,11-12,17H2,1-3H3. The molecule has 0 atom stereocenters. The molecule has 3 rings (SSSR count). The van der Waals surface area contributed by atoms with E-state index in [1.54, 1.807) is 12.1 Å². The highest BCUT2D eigenvalue weighted by molar-refractivity contribution is 5.90. The van der Waals surface area contributed by atoms with Crippen LogP contribution >= 0.6 is 0 Å². The average molecular weight is 419 g/mol. The highest BCUT2D eigenvalue weighted by atomic mass is 16.5. The van der Waals surface area contributed by atoms with Crippen LogP contribution in [0.1, 0.15) is 41.3 Å². The van der Waals surface area contributed by atoms with E-state index in [0.717, 1.165) is 30.4 Å². The van der Waals surface area contributed by atoms with E-state index >= 15 is 0 Å². The van der Waals surface area contributed by atoms with Gasteiger partial charge in [0.2, 0.25) is 0 Å². The number of nitrogens with zero attached hydrogens (tertiary/aromatic N) is 2. The average Bonchev–Trinajstić information content (AvgIpc) is 2.79. The first-order chi connectivity index (χ1) is 15.0. The molecule has 0 aliphatic heterocycles. The fourth-order valence-electron chi connectivity index (χ4n) is 3.43. The Bertz CT molecular complexity index is 1050. The van der Waals surface area contributed by atoms with Crippen LogP contribution in [0.25, 0.3) is 11.1 Å². The highest BCUT2D eigenvalue weighted by Gasteiger charge is 2.13. The van der Waals surface area contributed by atoms with E-state index in [0.29, 0.717) is 24.2 Å². The van der Waals surface area contributed by atoms with Gasteiger partial charge in [-0.1, -0.05) is 49.4 Å². The van der Waals surface area contributed by atoms with Crippen LogP contribution in [0.2, 0.25) is 0 Å². The topological polar surface area (TPSA) is 51.5 Å². The third kappa shape index (κ3) is 5.85. The zero-order valence-corrected chi connectivity index (χ0v) is 18.5. The van der Waals surface area contributed by atoms with Crippen LogP contribution in [-0.4, -0.2) is 31.3 Å². The molecule has 162 valence electrons. The monoisotopic (exact) mass is 418 g/mol. The number of carbonyl (C=O) groups is 1. The van der Waals surface area contributed by atoms with Crippen molar-refractivity contribution in [2.24, 2.45) is 0 Å². The third-order valence-electron chi connectivity index (χ3n) is 5.17. The van der Waals surface area contributed by atoms with Gasteiger partial charge in [0.25, 0.3) is 0 Å². The van der Waals surface area contributed by atoms with E-state index in [4.69, 9.17) is 4.74 Å². The van der Waals surface area contributed by atoms with Gasteiger partial charge in [-0.2, -0.15) is 0 Å². The van der Waals surface area contributed by atoms with E-state index in [1.165, 1.54) is 5.56 Å². The van der Waals surface area contributed by atoms with Crippen molar-refractivity contribution >= 4 is 5.97 Å². The van der Waals surface area contributed by atoms with Crippen molar-refractivity contribution in [3.05, 3.63) is 93.9 Å². The second-order valence-electron chi connectivity index (χ2n) is 7.81. The molecule has 0 bridgehead atoms. The summed E-state index contributed by atoms with van der Waals surface area (Å²) in [5.41, 5.74) is 4.00. The Morgan fingerprint density at radius 2 is 1.68 bits per heavy atom. The summed E-state index contributed by atoms with van der Waals surface area (Å²) in [4.78, 5) is 25.3. The molecule has 0 aliphatic carbocycles. The molecule has 0 amide bonds. The largest absolute Gasteiger partial charge is 0.462 e. The number of hydrogen-bond donors (Lipinski definition) is 0. The fraction of sp³-hybridized carbons (Fsp3) is 0.308. The van der Waals surface area contributed by atoms with Crippen molar-refractivity contribution in [3.63, 3.8) is 0 Å². The molecule has 0 aliphatic rings. The Morgan fingerprint density at radius 3 is 2.32 bits per heavy atom. The van der Waals surface area contributed by atoms with Gasteiger partial charge in [0, 0.05) is 37.6 Å². The van der Waals surface area contributed by atoms with Gasteiger partial charge in [-0.3, -0.25) is 9.47 Å².